The van der Waals surface area contributed by atoms with Crippen molar-refractivity contribution in [2.75, 3.05) is 7.11 Å². The molecule has 0 aliphatic carbocycles. The van der Waals surface area contributed by atoms with Crippen molar-refractivity contribution in [3.8, 4) is 11.5 Å². The minimum absolute atomic E-state index is 0.252. The Morgan fingerprint density at radius 3 is 2.55 bits per heavy atom. The molecule has 1 N–H and O–H groups in total. The fourth-order valence-corrected chi connectivity index (χ4v) is 4.04. The van der Waals surface area contributed by atoms with Crippen LogP contribution in [0.3, 0.4) is 0 Å². The molecule has 2 aromatic carbocycles. The summed E-state index contributed by atoms with van der Waals surface area (Å²) in [6.45, 7) is 0.306. The molecule has 1 atom stereocenters. The van der Waals surface area contributed by atoms with Gasteiger partial charge in [-0.2, -0.15) is 0 Å². The molecular weight excluding hydrogens is 389 g/mol. The Bertz CT molecular complexity index is 1100. The van der Waals surface area contributed by atoms with E-state index in [0.29, 0.717) is 12.4 Å². The topological polar surface area (TPSA) is 82.4 Å². The van der Waals surface area contributed by atoms with Gasteiger partial charge in [-0.05, 0) is 36.2 Å². The maximum absolute atomic E-state index is 11.9. The van der Waals surface area contributed by atoms with Gasteiger partial charge in [-0.25, -0.2) is 4.98 Å². The zero-order valence-corrected chi connectivity index (χ0v) is 16.8. The summed E-state index contributed by atoms with van der Waals surface area (Å²) in [5.74, 6) is 1.77. The molecule has 4 rings (SSSR count). The molecule has 7 nitrogen and oxygen atoms in total. The first-order valence-corrected chi connectivity index (χ1v) is 9.74. The highest BCUT2D eigenvalue weighted by Crippen LogP contribution is 2.32. The molecule has 0 saturated carbocycles. The number of carbonyl (C=O) groups is 2. The number of methoxy groups -OCH3 is 1. The zero-order valence-electron chi connectivity index (χ0n) is 16.0. The molecule has 1 fully saturated rings. The molecule has 146 valence electrons. The van der Waals surface area contributed by atoms with Gasteiger partial charge in [0.15, 0.2) is 0 Å². The highest BCUT2D eigenvalue weighted by atomic mass is 32.2. The summed E-state index contributed by atoms with van der Waals surface area (Å²) in [5.41, 5.74) is 2.68. The Hall–Kier alpha value is -2.94. The van der Waals surface area contributed by atoms with Crippen molar-refractivity contribution >= 4 is 41.8 Å². The summed E-state index contributed by atoms with van der Waals surface area (Å²) in [6.07, 6.45) is 0.252. The lowest BCUT2D eigenvalue weighted by Gasteiger charge is -2.18. The van der Waals surface area contributed by atoms with Crippen molar-refractivity contribution in [2.45, 2.75) is 17.7 Å². The Balaban J connectivity index is 1.43. The van der Waals surface area contributed by atoms with E-state index in [1.807, 2.05) is 54.1 Å². The summed E-state index contributed by atoms with van der Waals surface area (Å²) >= 11 is 0.816. The predicted octanol–water partition coefficient (Wildman–Crippen LogP) is 2.55. The fraction of sp³-hybridized carbons (Fsp3) is 0.250. The van der Waals surface area contributed by atoms with E-state index in [4.69, 9.17) is 17.3 Å². The number of hydrogen-bond donors (Lipinski definition) is 1. The molecule has 1 aromatic heterocycles. The number of fused-ring (bicyclic) bond motifs is 1. The van der Waals surface area contributed by atoms with Crippen molar-refractivity contribution in [3.05, 3.63) is 53.9 Å². The number of ether oxygens (including phenoxy) is 2. The minimum Gasteiger partial charge on any atom is -0.497 e. The molecule has 0 spiro atoms. The molecule has 2 heterocycles. The Kier molecular flexibility index (Phi) is 5.00. The van der Waals surface area contributed by atoms with Crippen LogP contribution in [0.5, 0.6) is 11.5 Å². The van der Waals surface area contributed by atoms with Gasteiger partial charge in [-0.1, -0.05) is 23.9 Å². The van der Waals surface area contributed by atoms with Crippen LogP contribution in [0.2, 0.25) is 0 Å². The van der Waals surface area contributed by atoms with Crippen LogP contribution >= 0.6 is 11.8 Å². The highest BCUT2D eigenvalue weighted by Gasteiger charge is 2.42. The molecular formula is C20H18BN3O4S. The second kappa shape index (κ2) is 7.48. The van der Waals surface area contributed by atoms with E-state index in [9.17, 15) is 9.59 Å². The number of hydrogen-bond acceptors (Lipinski definition) is 6. The van der Waals surface area contributed by atoms with E-state index in [1.165, 1.54) is 0 Å². The van der Waals surface area contributed by atoms with Crippen LogP contribution in [-0.4, -0.2) is 40.3 Å². The maximum atomic E-state index is 11.9. The molecule has 2 radical (unpaired) electrons. The van der Waals surface area contributed by atoms with Crippen LogP contribution in [-0.2, 0) is 24.9 Å². The number of benzene rings is 2. The number of imide groups is 1. The largest absolute Gasteiger partial charge is 0.497 e. The lowest BCUT2D eigenvalue weighted by molar-refractivity contribution is -0.119. The standard InChI is InChI=1S/C20H18BN3O4S/c1-24-16-9-14(27-2)7-8-15(16)22-17(24)11-28-13-5-3-12(4-6-13)10-20(21)18(25)23-19(26)29-20/h3-9H,10-11H2,1-2H3,(H,23,25,26)/t20-/m0/s1. The third-order valence-electron chi connectivity index (χ3n) is 4.81. The van der Waals surface area contributed by atoms with Gasteiger partial charge in [0.25, 0.3) is 5.24 Å². The van der Waals surface area contributed by atoms with E-state index in [-0.39, 0.29) is 6.42 Å². The van der Waals surface area contributed by atoms with E-state index in [1.54, 1.807) is 7.11 Å². The Morgan fingerprint density at radius 1 is 1.17 bits per heavy atom. The van der Waals surface area contributed by atoms with Gasteiger partial charge in [-0.15, -0.1) is 0 Å². The number of aryl methyl sites for hydroxylation is 1. The summed E-state index contributed by atoms with van der Waals surface area (Å²) in [5, 5.41) is 1.80. The number of carbonyl (C=O) groups excluding carboxylic acids is 2. The van der Waals surface area contributed by atoms with Crippen molar-refractivity contribution in [2.24, 2.45) is 7.05 Å². The van der Waals surface area contributed by atoms with E-state index >= 15 is 0 Å². The normalized spacial score (nSPS) is 18.8. The third-order valence-corrected chi connectivity index (χ3v) is 5.79. The number of imidazole rings is 1. The first kappa shape index (κ1) is 19.4. The van der Waals surface area contributed by atoms with Gasteiger partial charge in [0.05, 0.1) is 22.8 Å². The second-order valence-electron chi connectivity index (χ2n) is 6.78. The van der Waals surface area contributed by atoms with Crippen LogP contribution in [0.25, 0.3) is 11.0 Å². The van der Waals surface area contributed by atoms with Gasteiger partial charge < -0.3 is 14.0 Å². The monoisotopic (exact) mass is 407 g/mol. The molecule has 2 amide bonds. The summed E-state index contributed by atoms with van der Waals surface area (Å²) < 4.78 is 11.8. The highest BCUT2D eigenvalue weighted by molar-refractivity contribution is 8.17. The zero-order chi connectivity index (χ0) is 20.6. The lowest BCUT2D eigenvalue weighted by atomic mass is 9.80. The number of aromatic nitrogens is 2. The molecule has 3 aromatic rings. The molecule has 1 aliphatic rings. The SMILES string of the molecule is [B][C@@]1(Cc2ccc(OCc3nc4ccc(OC)cc4n3C)cc2)SC(=O)NC1=O. The number of amides is 2. The van der Waals surface area contributed by atoms with Crippen LogP contribution in [0, 0.1) is 0 Å². The van der Waals surface area contributed by atoms with Crippen molar-refractivity contribution in [3.63, 3.8) is 0 Å². The first-order valence-electron chi connectivity index (χ1n) is 8.92. The third kappa shape index (κ3) is 3.82. The number of thioether (sulfide) groups is 1. The minimum atomic E-state index is -1.27. The van der Waals surface area contributed by atoms with E-state index in [0.717, 1.165) is 39.9 Å². The predicted molar refractivity (Wildman–Crippen MR) is 111 cm³/mol. The molecule has 0 bridgehead atoms. The van der Waals surface area contributed by atoms with Crippen LogP contribution in [0.1, 0.15) is 11.4 Å². The Morgan fingerprint density at radius 2 is 1.90 bits per heavy atom. The summed E-state index contributed by atoms with van der Waals surface area (Å²) in [7, 11) is 9.62. The molecule has 29 heavy (non-hydrogen) atoms. The number of rotatable bonds is 6. The van der Waals surface area contributed by atoms with E-state index < -0.39 is 15.8 Å². The average molecular weight is 407 g/mol. The van der Waals surface area contributed by atoms with Crippen LogP contribution in [0.4, 0.5) is 4.79 Å². The van der Waals surface area contributed by atoms with Crippen molar-refractivity contribution in [1.82, 2.24) is 14.9 Å². The van der Waals surface area contributed by atoms with Gasteiger partial charge in [-0.3, -0.25) is 14.9 Å². The quantitative estimate of drug-likeness (QED) is 0.633. The molecule has 1 aliphatic heterocycles. The maximum Gasteiger partial charge on any atom is 0.285 e. The van der Waals surface area contributed by atoms with Crippen LogP contribution in [0.15, 0.2) is 42.5 Å². The molecule has 9 heteroatoms. The average Bonchev–Trinajstić information content (AvgIpc) is 3.15. The van der Waals surface area contributed by atoms with Crippen molar-refractivity contribution in [1.29, 1.82) is 0 Å². The Labute approximate surface area is 173 Å². The summed E-state index contributed by atoms with van der Waals surface area (Å²) in [4.78, 5) is 27.8. The lowest BCUT2D eigenvalue weighted by Crippen LogP contribution is -2.38. The van der Waals surface area contributed by atoms with Crippen LogP contribution < -0.4 is 14.8 Å². The first-order chi connectivity index (χ1) is 13.9. The van der Waals surface area contributed by atoms with Gasteiger partial charge in [0.2, 0.25) is 5.91 Å². The molecule has 0 unspecified atom stereocenters. The van der Waals surface area contributed by atoms with Gasteiger partial charge in [0, 0.05) is 13.1 Å². The smallest absolute Gasteiger partial charge is 0.285 e. The van der Waals surface area contributed by atoms with Gasteiger partial charge in [0.1, 0.15) is 31.8 Å². The fourth-order valence-electron chi connectivity index (χ4n) is 3.18. The van der Waals surface area contributed by atoms with Gasteiger partial charge >= 0.3 is 0 Å². The van der Waals surface area contributed by atoms with E-state index in [2.05, 4.69) is 10.3 Å². The number of nitrogens with one attached hydrogen (secondary N) is 1. The second-order valence-corrected chi connectivity index (χ2v) is 8.09. The summed E-state index contributed by atoms with van der Waals surface area (Å²) in [6, 6.07) is 13.0. The molecule has 1 saturated heterocycles. The number of nitrogens with zero attached hydrogens (tertiary/aromatic N) is 2. The van der Waals surface area contributed by atoms with Crippen molar-refractivity contribution < 1.29 is 19.1 Å².